The molecule has 19 heavy (non-hydrogen) atoms. The molecule has 2 rings (SSSR count). The van der Waals surface area contributed by atoms with Crippen molar-refractivity contribution in [3.63, 3.8) is 0 Å². The molecule has 0 saturated carbocycles. The second-order valence-corrected chi connectivity index (χ2v) is 4.71. The highest BCUT2D eigenvalue weighted by Crippen LogP contribution is 2.25. The maximum Gasteiger partial charge on any atom is 0.0705 e. The molecule has 0 aliphatic heterocycles. The van der Waals surface area contributed by atoms with Crippen molar-refractivity contribution in [2.45, 2.75) is 25.8 Å². The number of aromatic nitrogens is 1. The van der Waals surface area contributed by atoms with E-state index in [1.54, 1.807) is 7.11 Å². The molecule has 1 unspecified atom stereocenters. The van der Waals surface area contributed by atoms with Gasteiger partial charge in [0.1, 0.15) is 0 Å². The minimum atomic E-state index is 0.327. The first-order valence-corrected chi connectivity index (χ1v) is 6.92. The first-order valence-electron chi connectivity index (χ1n) is 6.92. The van der Waals surface area contributed by atoms with E-state index in [0.29, 0.717) is 6.04 Å². The summed E-state index contributed by atoms with van der Waals surface area (Å²) < 4.78 is 5.23. The number of nitrogens with one attached hydrogen (secondary N) is 1. The molecule has 2 aromatic rings. The molecule has 0 amide bonds. The van der Waals surface area contributed by atoms with Crippen LogP contribution in [-0.4, -0.2) is 25.2 Å². The lowest BCUT2D eigenvalue weighted by atomic mass is 9.99. The second-order valence-electron chi connectivity index (χ2n) is 4.71. The van der Waals surface area contributed by atoms with Crippen LogP contribution in [0.2, 0.25) is 0 Å². The number of fused-ring (bicyclic) bond motifs is 1. The highest BCUT2D eigenvalue weighted by atomic mass is 16.5. The van der Waals surface area contributed by atoms with Gasteiger partial charge in [0, 0.05) is 31.3 Å². The van der Waals surface area contributed by atoms with Crippen LogP contribution in [0, 0.1) is 0 Å². The molecule has 1 atom stereocenters. The van der Waals surface area contributed by atoms with E-state index in [2.05, 4.69) is 41.5 Å². The molecule has 3 nitrogen and oxygen atoms in total. The SMILES string of the molecule is CCCNC(CCOC)c1cccc2ncccc12. The van der Waals surface area contributed by atoms with E-state index >= 15 is 0 Å². The van der Waals surface area contributed by atoms with Crippen LogP contribution in [0.1, 0.15) is 31.4 Å². The number of ether oxygens (including phenoxy) is 1. The topological polar surface area (TPSA) is 34.1 Å². The van der Waals surface area contributed by atoms with Gasteiger partial charge in [0.2, 0.25) is 0 Å². The molecule has 0 aliphatic rings. The van der Waals surface area contributed by atoms with Crippen LogP contribution < -0.4 is 5.32 Å². The highest BCUT2D eigenvalue weighted by molar-refractivity contribution is 5.82. The third-order valence-corrected chi connectivity index (χ3v) is 3.31. The van der Waals surface area contributed by atoms with E-state index in [9.17, 15) is 0 Å². The Morgan fingerprint density at radius 2 is 2.16 bits per heavy atom. The molecule has 3 heteroatoms. The Balaban J connectivity index is 2.31. The molecule has 0 fully saturated rings. The van der Waals surface area contributed by atoms with Crippen molar-refractivity contribution in [3.8, 4) is 0 Å². The third kappa shape index (κ3) is 3.52. The quantitative estimate of drug-likeness (QED) is 0.827. The van der Waals surface area contributed by atoms with E-state index in [1.165, 1.54) is 10.9 Å². The molecule has 1 aromatic carbocycles. The van der Waals surface area contributed by atoms with Crippen LogP contribution in [0.25, 0.3) is 10.9 Å². The van der Waals surface area contributed by atoms with Crippen LogP contribution in [0.3, 0.4) is 0 Å². The lowest BCUT2D eigenvalue weighted by Gasteiger charge is -2.20. The molecule has 0 radical (unpaired) electrons. The maximum absolute atomic E-state index is 5.23. The standard InChI is InChI=1S/C16H22N2O/c1-3-10-17-16(9-12-19-2)13-6-4-8-15-14(13)7-5-11-18-15/h4-8,11,16-17H,3,9-10,12H2,1-2H3. The average molecular weight is 258 g/mol. The molecule has 1 N–H and O–H groups in total. The number of hydrogen-bond donors (Lipinski definition) is 1. The summed E-state index contributed by atoms with van der Waals surface area (Å²) in [6, 6.07) is 10.8. The summed E-state index contributed by atoms with van der Waals surface area (Å²) in [6.07, 6.45) is 3.95. The van der Waals surface area contributed by atoms with Crippen molar-refractivity contribution in [1.82, 2.24) is 10.3 Å². The number of rotatable bonds is 7. The van der Waals surface area contributed by atoms with Crippen molar-refractivity contribution >= 4 is 10.9 Å². The zero-order chi connectivity index (χ0) is 13.5. The molecular weight excluding hydrogens is 236 g/mol. The molecule has 0 spiro atoms. The normalized spacial score (nSPS) is 12.7. The van der Waals surface area contributed by atoms with Crippen molar-refractivity contribution in [1.29, 1.82) is 0 Å². The Kier molecular flexibility index (Phi) is 5.31. The first-order chi connectivity index (χ1) is 9.36. The van der Waals surface area contributed by atoms with Gasteiger partial charge in [-0.3, -0.25) is 4.98 Å². The van der Waals surface area contributed by atoms with Gasteiger partial charge in [-0.15, -0.1) is 0 Å². The van der Waals surface area contributed by atoms with Crippen LogP contribution >= 0.6 is 0 Å². The largest absolute Gasteiger partial charge is 0.385 e. The van der Waals surface area contributed by atoms with E-state index in [0.717, 1.165) is 31.5 Å². The number of nitrogens with zero attached hydrogens (tertiary/aromatic N) is 1. The summed E-state index contributed by atoms with van der Waals surface area (Å²) in [6.45, 7) is 3.97. The Morgan fingerprint density at radius 1 is 1.26 bits per heavy atom. The summed E-state index contributed by atoms with van der Waals surface area (Å²) >= 11 is 0. The van der Waals surface area contributed by atoms with Gasteiger partial charge in [0.05, 0.1) is 5.52 Å². The minimum Gasteiger partial charge on any atom is -0.385 e. The molecule has 0 bridgehead atoms. The van der Waals surface area contributed by atoms with E-state index in [4.69, 9.17) is 4.74 Å². The van der Waals surface area contributed by atoms with Crippen LogP contribution in [0.15, 0.2) is 36.5 Å². The van der Waals surface area contributed by atoms with Crippen LogP contribution in [-0.2, 0) is 4.74 Å². The molecular formula is C16H22N2O. The van der Waals surface area contributed by atoms with Crippen molar-refractivity contribution in [3.05, 3.63) is 42.1 Å². The fourth-order valence-electron chi connectivity index (χ4n) is 2.35. The molecule has 1 heterocycles. The maximum atomic E-state index is 5.23. The zero-order valence-corrected chi connectivity index (χ0v) is 11.7. The zero-order valence-electron chi connectivity index (χ0n) is 11.7. The van der Waals surface area contributed by atoms with E-state index < -0.39 is 0 Å². The number of pyridine rings is 1. The minimum absolute atomic E-state index is 0.327. The number of benzene rings is 1. The Morgan fingerprint density at radius 3 is 2.95 bits per heavy atom. The molecule has 102 valence electrons. The monoisotopic (exact) mass is 258 g/mol. The lowest BCUT2D eigenvalue weighted by Crippen LogP contribution is -2.23. The highest BCUT2D eigenvalue weighted by Gasteiger charge is 2.13. The third-order valence-electron chi connectivity index (χ3n) is 3.31. The molecule has 0 aliphatic carbocycles. The van der Waals surface area contributed by atoms with Gasteiger partial charge in [-0.1, -0.05) is 25.1 Å². The Bertz CT molecular complexity index is 500. The molecule has 0 saturated heterocycles. The van der Waals surface area contributed by atoms with E-state index in [1.807, 2.05) is 12.3 Å². The van der Waals surface area contributed by atoms with Crippen molar-refractivity contribution < 1.29 is 4.74 Å². The second kappa shape index (κ2) is 7.22. The van der Waals surface area contributed by atoms with Gasteiger partial charge in [-0.25, -0.2) is 0 Å². The molecule has 1 aromatic heterocycles. The van der Waals surface area contributed by atoms with Gasteiger partial charge in [0.15, 0.2) is 0 Å². The van der Waals surface area contributed by atoms with Crippen molar-refractivity contribution in [2.75, 3.05) is 20.3 Å². The van der Waals surface area contributed by atoms with Crippen LogP contribution in [0.5, 0.6) is 0 Å². The van der Waals surface area contributed by atoms with Gasteiger partial charge >= 0.3 is 0 Å². The van der Waals surface area contributed by atoms with Crippen molar-refractivity contribution in [2.24, 2.45) is 0 Å². The summed E-state index contributed by atoms with van der Waals surface area (Å²) in [5.74, 6) is 0. The lowest BCUT2D eigenvalue weighted by molar-refractivity contribution is 0.183. The summed E-state index contributed by atoms with van der Waals surface area (Å²) in [5.41, 5.74) is 2.37. The van der Waals surface area contributed by atoms with E-state index in [-0.39, 0.29) is 0 Å². The first kappa shape index (κ1) is 14.0. The fourth-order valence-corrected chi connectivity index (χ4v) is 2.35. The van der Waals surface area contributed by atoms with Gasteiger partial charge < -0.3 is 10.1 Å². The summed E-state index contributed by atoms with van der Waals surface area (Å²) in [5, 5.41) is 4.84. The Hall–Kier alpha value is -1.45. The fraction of sp³-hybridized carbons (Fsp3) is 0.438. The average Bonchev–Trinajstić information content (AvgIpc) is 2.47. The predicted molar refractivity (Wildman–Crippen MR) is 79.3 cm³/mol. The predicted octanol–water partition coefficient (Wildman–Crippen LogP) is 3.31. The van der Waals surface area contributed by atoms with Gasteiger partial charge in [0.25, 0.3) is 0 Å². The van der Waals surface area contributed by atoms with Gasteiger partial charge in [-0.2, -0.15) is 0 Å². The smallest absolute Gasteiger partial charge is 0.0705 e. The number of methoxy groups -OCH3 is 1. The van der Waals surface area contributed by atoms with Crippen LogP contribution in [0.4, 0.5) is 0 Å². The Labute approximate surface area is 115 Å². The summed E-state index contributed by atoms with van der Waals surface area (Å²) in [7, 11) is 1.75. The summed E-state index contributed by atoms with van der Waals surface area (Å²) in [4.78, 5) is 4.43. The van der Waals surface area contributed by atoms with Gasteiger partial charge in [-0.05, 0) is 37.1 Å². The number of hydrogen-bond acceptors (Lipinski definition) is 3.